The highest BCUT2D eigenvalue weighted by Crippen LogP contribution is 2.33. The van der Waals surface area contributed by atoms with Gasteiger partial charge < -0.3 is 9.67 Å². The molecule has 6 nitrogen and oxygen atoms in total. The summed E-state index contributed by atoms with van der Waals surface area (Å²) in [6.07, 6.45) is -2.23. The maximum absolute atomic E-state index is 12.7. The summed E-state index contributed by atoms with van der Waals surface area (Å²) in [4.78, 5) is 13.5. The van der Waals surface area contributed by atoms with E-state index in [1.807, 2.05) is 0 Å². The van der Waals surface area contributed by atoms with E-state index in [0.717, 1.165) is 12.1 Å². The van der Waals surface area contributed by atoms with Crippen LogP contribution in [0.3, 0.4) is 0 Å². The van der Waals surface area contributed by atoms with Crippen molar-refractivity contribution in [3.05, 3.63) is 52.1 Å². The smallest absolute Gasteiger partial charge is 0.390 e. The van der Waals surface area contributed by atoms with Crippen LogP contribution in [0.1, 0.15) is 11.3 Å². The molecule has 0 amide bonds. The normalized spacial score (nSPS) is 11.6. The fourth-order valence-electron chi connectivity index (χ4n) is 1.60. The number of nitro benzene ring substituents is 1. The molecular weight excluding hydrogens is 279 g/mol. The molecule has 0 saturated heterocycles. The van der Waals surface area contributed by atoms with Crippen LogP contribution in [0.2, 0.25) is 0 Å². The lowest BCUT2D eigenvalue weighted by molar-refractivity contribution is -0.385. The number of non-ortho nitro benzene ring substituents is 1. The van der Waals surface area contributed by atoms with Crippen molar-refractivity contribution in [3.8, 4) is 5.69 Å². The zero-order valence-corrected chi connectivity index (χ0v) is 9.83. The summed E-state index contributed by atoms with van der Waals surface area (Å²) in [7, 11) is 0. The van der Waals surface area contributed by atoms with E-state index in [9.17, 15) is 23.3 Å². The van der Waals surface area contributed by atoms with Crippen molar-refractivity contribution < 1.29 is 23.2 Å². The number of rotatable bonds is 3. The summed E-state index contributed by atoms with van der Waals surface area (Å²) in [5.74, 6) is 0. The lowest BCUT2D eigenvalue weighted by atomic mass is 10.1. The van der Waals surface area contributed by atoms with Gasteiger partial charge in [-0.15, -0.1) is 0 Å². The number of aliphatic hydroxyl groups is 1. The summed E-state index contributed by atoms with van der Waals surface area (Å²) in [6, 6.07) is 2.24. The topological polar surface area (TPSA) is 81.2 Å². The number of nitro groups is 1. The summed E-state index contributed by atoms with van der Waals surface area (Å²) >= 11 is 0. The van der Waals surface area contributed by atoms with Crippen LogP contribution in [0.25, 0.3) is 5.69 Å². The number of imidazole rings is 1. The fraction of sp³-hybridized carbons (Fsp3) is 0.182. The van der Waals surface area contributed by atoms with Gasteiger partial charge in [-0.1, -0.05) is 0 Å². The van der Waals surface area contributed by atoms with E-state index in [1.54, 1.807) is 0 Å². The van der Waals surface area contributed by atoms with Gasteiger partial charge in [-0.25, -0.2) is 4.98 Å². The van der Waals surface area contributed by atoms with Crippen molar-refractivity contribution >= 4 is 5.69 Å². The Hall–Kier alpha value is -2.42. The third-order valence-corrected chi connectivity index (χ3v) is 2.54. The third kappa shape index (κ3) is 2.77. The molecule has 0 fully saturated rings. The predicted octanol–water partition coefficient (Wildman–Crippen LogP) is 2.29. The Labute approximate surface area is 110 Å². The Balaban J connectivity index is 2.57. The summed E-state index contributed by atoms with van der Waals surface area (Å²) < 4.78 is 39.3. The van der Waals surface area contributed by atoms with Crippen molar-refractivity contribution in [2.45, 2.75) is 12.8 Å². The highest BCUT2D eigenvalue weighted by Gasteiger charge is 2.33. The van der Waals surface area contributed by atoms with E-state index in [1.165, 1.54) is 17.1 Å². The van der Waals surface area contributed by atoms with Gasteiger partial charge in [0.15, 0.2) is 0 Å². The SMILES string of the molecule is O=[N+]([O-])c1cc(-n2cnc(CO)c2)cc(C(F)(F)F)c1. The monoisotopic (exact) mass is 287 g/mol. The molecule has 0 aliphatic carbocycles. The molecule has 0 spiro atoms. The van der Waals surface area contributed by atoms with Gasteiger partial charge in [-0.05, 0) is 6.07 Å². The van der Waals surface area contributed by atoms with Gasteiger partial charge in [0.2, 0.25) is 0 Å². The van der Waals surface area contributed by atoms with E-state index < -0.39 is 22.4 Å². The standard InChI is InChI=1S/C11H8F3N3O3/c12-11(13,14)7-1-9(3-10(2-7)17(19)20)16-4-8(5-18)15-6-16/h1-4,6,18H,5H2. The Bertz CT molecular complexity index is 652. The second-order valence-corrected chi connectivity index (χ2v) is 3.92. The van der Waals surface area contributed by atoms with Crippen molar-refractivity contribution in [3.63, 3.8) is 0 Å². The van der Waals surface area contributed by atoms with Crippen LogP contribution in [0.15, 0.2) is 30.7 Å². The van der Waals surface area contributed by atoms with Gasteiger partial charge in [-0.2, -0.15) is 13.2 Å². The second kappa shape index (κ2) is 4.93. The van der Waals surface area contributed by atoms with Crippen LogP contribution in [0.5, 0.6) is 0 Å². The molecule has 2 rings (SSSR count). The van der Waals surface area contributed by atoms with Crippen LogP contribution in [-0.4, -0.2) is 19.6 Å². The molecule has 0 radical (unpaired) electrons. The number of aliphatic hydroxyl groups excluding tert-OH is 1. The highest BCUT2D eigenvalue weighted by atomic mass is 19.4. The lowest BCUT2D eigenvalue weighted by Gasteiger charge is -2.09. The molecule has 0 aliphatic heterocycles. The number of aromatic nitrogens is 2. The third-order valence-electron chi connectivity index (χ3n) is 2.54. The maximum atomic E-state index is 12.7. The maximum Gasteiger partial charge on any atom is 0.416 e. The van der Waals surface area contributed by atoms with E-state index in [0.29, 0.717) is 6.07 Å². The van der Waals surface area contributed by atoms with Gasteiger partial charge in [0, 0.05) is 18.3 Å². The molecular formula is C11H8F3N3O3. The number of nitrogens with zero attached hydrogens (tertiary/aromatic N) is 3. The molecule has 2 aromatic rings. The molecule has 1 aromatic heterocycles. The van der Waals surface area contributed by atoms with Crippen LogP contribution in [0, 0.1) is 10.1 Å². The molecule has 1 aromatic carbocycles. The molecule has 1 heterocycles. The molecule has 0 unspecified atom stereocenters. The predicted molar refractivity (Wildman–Crippen MR) is 61.1 cm³/mol. The number of alkyl halides is 3. The molecule has 9 heteroatoms. The second-order valence-electron chi connectivity index (χ2n) is 3.92. The molecule has 0 saturated carbocycles. The van der Waals surface area contributed by atoms with E-state index in [-0.39, 0.29) is 18.0 Å². The largest absolute Gasteiger partial charge is 0.416 e. The van der Waals surface area contributed by atoms with Gasteiger partial charge >= 0.3 is 6.18 Å². The Kier molecular flexibility index (Phi) is 3.45. The molecule has 106 valence electrons. The van der Waals surface area contributed by atoms with Crippen molar-refractivity contribution in [1.82, 2.24) is 9.55 Å². The van der Waals surface area contributed by atoms with Gasteiger partial charge in [0.1, 0.15) is 0 Å². The van der Waals surface area contributed by atoms with Crippen LogP contribution >= 0.6 is 0 Å². The molecule has 1 N–H and O–H groups in total. The lowest BCUT2D eigenvalue weighted by Crippen LogP contribution is -2.07. The van der Waals surface area contributed by atoms with Crippen LogP contribution in [0.4, 0.5) is 18.9 Å². The number of hydrogen-bond acceptors (Lipinski definition) is 4. The number of halogens is 3. The Morgan fingerprint density at radius 3 is 2.55 bits per heavy atom. The minimum atomic E-state index is -4.69. The minimum absolute atomic E-state index is 0.0567. The van der Waals surface area contributed by atoms with E-state index in [4.69, 9.17) is 5.11 Å². The molecule has 0 atom stereocenters. The first-order chi connectivity index (χ1) is 9.31. The summed E-state index contributed by atoms with van der Waals surface area (Å²) in [6.45, 7) is -0.381. The van der Waals surface area contributed by atoms with E-state index in [2.05, 4.69) is 4.98 Å². The van der Waals surface area contributed by atoms with Crippen LogP contribution in [-0.2, 0) is 12.8 Å². The highest BCUT2D eigenvalue weighted by molar-refractivity contribution is 5.48. The zero-order chi connectivity index (χ0) is 14.9. The zero-order valence-electron chi connectivity index (χ0n) is 9.83. The van der Waals surface area contributed by atoms with Gasteiger partial charge in [-0.3, -0.25) is 10.1 Å². The van der Waals surface area contributed by atoms with Crippen LogP contribution < -0.4 is 0 Å². The van der Waals surface area contributed by atoms with Gasteiger partial charge in [0.05, 0.1) is 34.8 Å². The average molecular weight is 287 g/mol. The van der Waals surface area contributed by atoms with E-state index >= 15 is 0 Å². The van der Waals surface area contributed by atoms with Gasteiger partial charge in [0.25, 0.3) is 5.69 Å². The quantitative estimate of drug-likeness (QED) is 0.693. The van der Waals surface area contributed by atoms with Crippen molar-refractivity contribution in [1.29, 1.82) is 0 Å². The first kappa shape index (κ1) is 14.0. The Morgan fingerprint density at radius 1 is 1.35 bits per heavy atom. The summed E-state index contributed by atoms with van der Waals surface area (Å²) in [5, 5.41) is 19.6. The average Bonchev–Trinajstić information content (AvgIpc) is 2.86. The first-order valence-electron chi connectivity index (χ1n) is 5.32. The number of benzene rings is 1. The fourth-order valence-corrected chi connectivity index (χ4v) is 1.60. The van der Waals surface area contributed by atoms with Crippen molar-refractivity contribution in [2.24, 2.45) is 0 Å². The first-order valence-corrected chi connectivity index (χ1v) is 5.32. The minimum Gasteiger partial charge on any atom is -0.390 e. The number of hydrogen-bond donors (Lipinski definition) is 1. The molecule has 20 heavy (non-hydrogen) atoms. The Morgan fingerprint density at radius 2 is 2.05 bits per heavy atom. The summed E-state index contributed by atoms with van der Waals surface area (Å²) in [5.41, 5.74) is -1.61. The molecule has 0 bridgehead atoms. The van der Waals surface area contributed by atoms with Crippen molar-refractivity contribution in [2.75, 3.05) is 0 Å². The molecule has 0 aliphatic rings.